The Bertz CT molecular complexity index is 2230. The first-order valence-electron chi connectivity index (χ1n) is 39.8. The molecule has 0 radical (unpaired) electrons. The normalized spacial score (nSPS) is 14.3. The van der Waals surface area contributed by atoms with Crippen molar-refractivity contribution in [3.05, 3.63) is 85.1 Å². The summed E-state index contributed by atoms with van der Waals surface area (Å²) in [6.45, 7) is 4.77. The van der Waals surface area contributed by atoms with Gasteiger partial charge in [-0.3, -0.25) is 37.3 Å². The van der Waals surface area contributed by atoms with Gasteiger partial charge in [0.15, 0.2) is 12.2 Å². The predicted octanol–water partition coefficient (Wildman–Crippen LogP) is 23.0. The van der Waals surface area contributed by atoms with Crippen LogP contribution in [0, 0.1) is 0 Å². The van der Waals surface area contributed by atoms with Gasteiger partial charge in [-0.25, -0.2) is 9.13 Å². The third-order valence-electron chi connectivity index (χ3n) is 16.8. The average molecular weight is 1450 g/mol. The molecule has 5 unspecified atom stereocenters. The first-order chi connectivity index (χ1) is 48.7. The van der Waals surface area contributed by atoms with Crippen molar-refractivity contribution in [1.29, 1.82) is 0 Å². The van der Waals surface area contributed by atoms with E-state index in [1.807, 2.05) is 0 Å². The van der Waals surface area contributed by atoms with Crippen molar-refractivity contribution in [1.82, 2.24) is 0 Å². The summed E-state index contributed by atoms with van der Waals surface area (Å²) in [5.74, 6) is -2.20. The maximum atomic E-state index is 13.1. The quantitative estimate of drug-likeness (QED) is 0.0169. The van der Waals surface area contributed by atoms with Gasteiger partial charge >= 0.3 is 39.5 Å². The Hall–Kier alpha value is -3.76. The Labute approximate surface area is 608 Å². The third kappa shape index (κ3) is 72.6. The summed E-state index contributed by atoms with van der Waals surface area (Å²) in [5, 5.41) is 10.6. The van der Waals surface area contributed by atoms with Crippen LogP contribution >= 0.6 is 15.6 Å². The number of esters is 4. The summed E-state index contributed by atoms with van der Waals surface area (Å²) >= 11 is 0. The van der Waals surface area contributed by atoms with Crippen LogP contribution < -0.4 is 0 Å². The van der Waals surface area contributed by atoms with E-state index in [4.69, 9.17) is 37.0 Å². The van der Waals surface area contributed by atoms with E-state index in [2.05, 4.69) is 113 Å². The summed E-state index contributed by atoms with van der Waals surface area (Å²) in [7, 11) is -9.95. The zero-order valence-corrected chi connectivity index (χ0v) is 65.2. The van der Waals surface area contributed by atoms with Crippen molar-refractivity contribution < 1.29 is 80.2 Å². The van der Waals surface area contributed by atoms with Gasteiger partial charge < -0.3 is 33.8 Å². The van der Waals surface area contributed by atoms with Gasteiger partial charge in [-0.2, -0.15) is 0 Å². The summed E-state index contributed by atoms with van der Waals surface area (Å²) in [6, 6.07) is 0. The maximum Gasteiger partial charge on any atom is 0.472 e. The highest BCUT2D eigenvalue weighted by Crippen LogP contribution is 2.45. The number of unbranched alkanes of at least 4 members (excludes halogenated alkanes) is 35. The first-order valence-corrected chi connectivity index (χ1v) is 42.8. The fourth-order valence-corrected chi connectivity index (χ4v) is 12.2. The van der Waals surface area contributed by atoms with E-state index in [9.17, 15) is 43.2 Å². The van der Waals surface area contributed by atoms with Crippen LogP contribution in [0.3, 0.4) is 0 Å². The fraction of sp³-hybridized carbons (Fsp3) is 0.778. The molecule has 0 heterocycles. The molecule has 0 aromatic heterocycles. The van der Waals surface area contributed by atoms with Crippen LogP contribution in [0.5, 0.6) is 0 Å². The second-order valence-electron chi connectivity index (χ2n) is 26.6. The van der Waals surface area contributed by atoms with Crippen LogP contribution in [0.15, 0.2) is 85.1 Å². The lowest BCUT2D eigenvalue weighted by Gasteiger charge is -2.21. The molecule has 19 heteroatoms. The van der Waals surface area contributed by atoms with Gasteiger partial charge in [-0.15, -0.1) is 0 Å². The Morgan fingerprint density at radius 2 is 0.500 bits per heavy atom. The molecule has 17 nitrogen and oxygen atoms in total. The van der Waals surface area contributed by atoms with E-state index in [0.29, 0.717) is 25.7 Å². The Balaban J connectivity index is 5.32. The van der Waals surface area contributed by atoms with Crippen molar-refractivity contribution in [3.8, 4) is 0 Å². The highest BCUT2D eigenvalue weighted by atomic mass is 31.2. The maximum absolute atomic E-state index is 13.1. The zero-order valence-electron chi connectivity index (χ0n) is 63.4. The van der Waals surface area contributed by atoms with E-state index < -0.39 is 97.5 Å². The summed E-state index contributed by atoms with van der Waals surface area (Å²) in [6.07, 6.45) is 75.6. The molecule has 0 rings (SSSR count). The smallest absolute Gasteiger partial charge is 0.462 e. The van der Waals surface area contributed by atoms with Gasteiger partial charge in [0.05, 0.1) is 26.4 Å². The second-order valence-corrected chi connectivity index (χ2v) is 29.5. The lowest BCUT2D eigenvalue weighted by atomic mass is 10.1. The van der Waals surface area contributed by atoms with Crippen molar-refractivity contribution in [3.63, 3.8) is 0 Å². The number of hydrogen-bond donors (Lipinski definition) is 3. The van der Waals surface area contributed by atoms with Crippen molar-refractivity contribution in [2.24, 2.45) is 0 Å². The third-order valence-corrected chi connectivity index (χ3v) is 18.7. The Morgan fingerprint density at radius 1 is 0.280 bits per heavy atom. The lowest BCUT2D eigenvalue weighted by Crippen LogP contribution is -2.30. The number of aliphatic hydroxyl groups excluding tert-OH is 1. The van der Waals surface area contributed by atoms with Crippen LogP contribution in [-0.4, -0.2) is 96.7 Å². The number of carbonyl (C=O) groups excluding carboxylic acids is 4. The van der Waals surface area contributed by atoms with Crippen LogP contribution in [-0.2, 0) is 65.4 Å². The zero-order chi connectivity index (χ0) is 73.2. The van der Waals surface area contributed by atoms with E-state index in [-0.39, 0.29) is 25.7 Å². The molecule has 0 fully saturated rings. The minimum Gasteiger partial charge on any atom is -0.462 e. The highest BCUT2D eigenvalue weighted by molar-refractivity contribution is 7.47. The van der Waals surface area contributed by atoms with E-state index in [1.165, 1.54) is 89.9 Å². The van der Waals surface area contributed by atoms with Crippen molar-refractivity contribution in [2.75, 3.05) is 39.6 Å². The van der Waals surface area contributed by atoms with Crippen LogP contribution in [0.4, 0.5) is 0 Å². The Kier molecular flexibility index (Phi) is 70.8. The molecule has 0 bridgehead atoms. The summed E-state index contributed by atoms with van der Waals surface area (Å²) in [4.78, 5) is 72.9. The van der Waals surface area contributed by atoms with Gasteiger partial charge in [0.25, 0.3) is 0 Å². The lowest BCUT2D eigenvalue weighted by molar-refractivity contribution is -0.161. The molecule has 3 N–H and O–H groups in total. The van der Waals surface area contributed by atoms with E-state index in [0.717, 1.165) is 180 Å². The molecule has 0 aromatic carbocycles. The molecule has 0 saturated heterocycles. The topological polar surface area (TPSA) is 237 Å². The van der Waals surface area contributed by atoms with E-state index >= 15 is 0 Å². The molecule has 0 aliphatic heterocycles. The summed E-state index contributed by atoms with van der Waals surface area (Å²) in [5.41, 5.74) is 0. The first kappa shape index (κ1) is 96.2. The number of ether oxygens (including phenoxy) is 4. The second kappa shape index (κ2) is 73.5. The van der Waals surface area contributed by atoms with Crippen molar-refractivity contribution in [2.45, 2.75) is 367 Å². The van der Waals surface area contributed by atoms with Crippen LogP contribution in [0.2, 0.25) is 0 Å². The number of rotatable bonds is 75. The number of phosphoric acid groups is 2. The van der Waals surface area contributed by atoms with Gasteiger partial charge in [0.1, 0.15) is 19.3 Å². The number of phosphoric ester groups is 2. The monoisotopic (exact) mass is 1450 g/mol. The minimum absolute atomic E-state index is 0.0822. The van der Waals surface area contributed by atoms with Crippen LogP contribution in [0.1, 0.15) is 349 Å². The Morgan fingerprint density at radius 3 is 0.810 bits per heavy atom. The summed E-state index contributed by atoms with van der Waals surface area (Å²) < 4.78 is 68.5. The molecule has 5 atom stereocenters. The molecule has 0 aromatic rings. The van der Waals surface area contributed by atoms with Gasteiger partial charge in [0, 0.05) is 25.7 Å². The van der Waals surface area contributed by atoms with E-state index in [1.54, 1.807) is 0 Å². The number of hydrogen-bond acceptors (Lipinski definition) is 15. The van der Waals surface area contributed by atoms with Gasteiger partial charge in [0.2, 0.25) is 0 Å². The SMILES string of the molecule is CCCC/C=C\CCCCCCCC(=O)OC(COC(=O)CCCCCCCC/C=C\C/C=C\C/C=C\CCCCC)COP(=O)(O)OCC(O)COP(=O)(O)OCC(COC(=O)CCCCCCC/C=C\C/C=C\CCCCC)OC(=O)CCCCCCC/C=C\CCCCCCCC. The van der Waals surface area contributed by atoms with Gasteiger partial charge in [-0.05, 0) is 141 Å². The average Bonchev–Trinajstić information content (AvgIpc) is 1.16. The highest BCUT2D eigenvalue weighted by Gasteiger charge is 2.30. The number of allylic oxidation sites excluding steroid dienone is 14. The fourth-order valence-electron chi connectivity index (χ4n) is 10.6. The molecule has 0 spiro atoms. The number of aliphatic hydroxyl groups is 1. The molecule has 0 saturated carbocycles. The van der Waals surface area contributed by atoms with Crippen molar-refractivity contribution >= 4 is 39.5 Å². The minimum atomic E-state index is -4.98. The largest absolute Gasteiger partial charge is 0.472 e. The molecule has 580 valence electrons. The predicted molar refractivity (Wildman–Crippen MR) is 409 cm³/mol. The molecule has 100 heavy (non-hydrogen) atoms. The molecule has 0 aliphatic carbocycles. The molecular formula is C81H144O17P2. The molecule has 0 aliphatic rings. The van der Waals surface area contributed by atoms with Gasteiger partial charge in [-0.1, -0.05) is 267 Å². The number of carbonyl (C=O) groups is 4. The standard InChI is InChI=1S/C81H144O17P2/c1-5-9-13-17-21-25-29-32-35-36-37-38-41-43-47-50-54-58-62-66-79(84)91-71-76(97-80(85)67-63-59-55-51-45-28-24-20-16-12-8-4)73-95-99(87,88)93-69-75(82)70-94-100(89,90)96-74-77(98-81(86)68-64-60-56-52-48-44-40-34-31-27-23-19-15-11-7-3)72-92-78(83)65-61-57-53-49-46-42-39-33-30-26-22-18-14-10-6-2/h20-22,24-26,32-35,37-40,75-77,82H,5-19,23,27-31,36,41-74H2,1-4H3,(H,87,88)(H,89,90)/b24-20-,25-21-,26-22-,35-32-,38-37-,39-33-,40-34-. The van der Waals surface area contributed by atoms with Crippen LogP contribution in [0.25, 0.3) is 0 Å². The molecular weight excluding hydrogens is 1310 g/mol. The molecule has 0 amide bonds.